The van der Waals surface area contributed by atoms with Crippen molar-refractivity contribution < 1.29 is 14.4 Å². The first-order valence-electron chi connectivity index (χ1n) is 7.28. The van der Waals surface area contributed by atoms with Crippen molar-refractivity contribution in [2.75, 3.05) is 20.6 Å². The van der Waals surface area contributed by atoms with Gasteiger partial charge in [-0.25, -0.2) is 0 Å². The number of hydrogen-bond acceptors (Lipinski definition) is 4. The summed E-state index contributed by atoms with van der Waals surface area (Å²) in [6, 6.07) is 2.44. The Morgan fingerprint density at radius 2 is 2.14 bits per heavy atom. The van der Waals surface area contributed by atoms with Gasteiger partial charge in [-0.2, -0.15) is 0 Å². The molecule has 0 spiro atoms. The van der Waals surface area contributed by atoms with E-state index in [-0.39, 0.29) is 17.7 Å². The van der Waals surface area contributed by atoms with Crippen molar-refractivity contribution in [2.45, 2.75) is 31.8 Å². The molecule has 6 nitrogen and oxygen atoms in total. The van der Waals surface area contributed by atoms with E-state index in [2.05, 4.69) is 5.32 Å². The Kier molecular flexibility index (Phi) is 5.18. The van der Waals surface area contributed by atoms with Crippen molar-refractivity contribution in [3.05, 3.63) is 22.4 Å². The molecule has 1 aromatic heterocycles. The number of hydrogen-bond donors (Lipinski definition) is 1. The van der Waals surface area contributed by atoms with Crippen LogP contribution >= 0.6 is 11.3 Å². The van der Waals surface area contributed by atoms with Crippen LogP contribution in [0.1, 0.15) is 29.4 Å². The summed E-state index contributed by atoms with van der Waals surface area (Å²) in [6.45, 7) is 2.21. The third-order valence-corrected chi connectivity index (χ3v) is 4.59. The zero-order valence-electron chi connectivity index (χ0n) is 13.0. The second-order valence-corrected chi connectivity index (χ2v) is 6.54. The van der Waals surface area contributed by atoms with Crippen LogP contribution in [0.4, 0.5) is 0 Å². The van der Waals surface area contributed by atoms with Gasteiger partial charge in [-0.15, -0.1) is 11.3 Å². The van der Waals surface area contributed by atoms with Crippen molar-refractivity contribution in [2.24, 2.45) is 0 Å². The highest BCUT2D eigenvalue weighted by Gasteiger charge is 2.36. The minimum Gasteiger partial charge on any atom is -0.347 e. The maximum Gasteiger partial charge on any atom is 0.261 e. The Bertz CT molecular complexity index is 556. The summed E-state index contributed by atoms with van der Waals surface area (Å²) in [4.78, 5) is 40.3. The molecule has 1 aliphatic heterocycles. The molecular formula is C15H21N3O3S. The first kappa shape index (κ1) is 16.5. The quantitative estimate of drug-likeness (QED) is 0.897. The van der Waals surface area contributed by atoms with Crippen molar-refractivity contribution in [3.8, 4) is 0 Å². The van der Waals surface area contributed by atoms with Crippen LogP contribution in [0.15, 0.2) is 17.5 Å². The molecule has 7 heteroatoms. The molecule has 1 saturated heterocycles. The number of likely N-dealkylation sites (tertiary alicyclic amines) is 1. The smallest absolute Gasteiger partial charge is 0.261 e. The summed E-state index contributed by atoms with van der Waals surface area (Å²) in [5.41, 5.74) is 0. The van der Waals surface area contributed by atoms with Gasteiger partial charge in [-0.3, -0.25) is 14.4 Å². The Hall–Kier alpha value is -1.89. The first-order chi connectivity index (χ1) is 10.4. The van der Waals surface area contributed by atoms with Crippen LogP contribution in [0.3, 0.4) is 0 Å². The van der Waals surface area contributed by atoms with E-state index in [4.69, 9.17) is 0 Å². The standard InChI is InChI=1S/C15H21N3O3S/c1-10(16-13(19)12-7-5-9-22-12)14(20)18-8-4-6-11(18)15(21)17(2)3/h5,7,9-11H,4,6,8H2,1-3H3,(H,16,19). The number of amides is 3. The van der Waals surface area contributed by atoms with E-state index in [0.717, 1.165) is 6.42 Å². The molecular weight excluding hydrogens is 302 g/mol. The summed E-state index contributed by atoms with van der Waals surface area (Å²) in [7, 11) is 3.37. The van der Waals surface area contributed by atoms with Gasteiger partial charge in [0, 0.05) is 20.6 Å². The normalized spacial score (nSPS) is 18.9. The van der Waals surface area contributed by atoms with E-state index in [1.54, 1.807) is 38.1 Å². The molecule has 3 amide bonds. The molecule has 1 N–H and O–H groups in total. The topological polar surface area (TPSA) is 69.7 Å². The highest BCUT2D eigenvalue weighted by molar-refractivity contribution is 7.12. The van der Waals surface area contributed by atoms with E-state index >= 15 is 0 Å². The maximum absolute atomic E-state index is 12.5. The molecule has 0 bridgehead atoms. The molecule has 2 heterocycles. The maximum atomic E-state index is 12.5. The zero-order chi connectivity index (χ0) is 16.3. The van der Waals surface area contributed by atoms with E-state index in [1.807, 2.05) is 5.38 Å². The van der Waals surface area contributed by atoms with E-state index in [1.165, 1.54) is 16.2 Å². The fourth-order valence-electron chi connectivity index (χ4n) is 2.57. The molecule has 2 unspecified atom stereocenters. The van der Waals surface area contributed by atoms with Crippen LogP contribution in [0, 0.1) is 0 Å². The first-order valence-corrected chi connectivity index (χ1v) is 8.15. The zero-order valence-corrected chi connectivity index (χ0v) is 13.9. The fourth-order valence-corrected chi connectivity index (χ4v) is 3.20. The lowest BCUT2D eigenvalue weighted by atomic mass is 10.2. The van der Waals surface area contributed by atoms with Crippen molar-refractivity contribution >= 4 is 29.1 Å². The van der Waals surface area contributed by atoms with Crippen LogP contribution in [0.5, 0.6) is 0 Å². The molecule has 1 fully saturated rings. The third kappa shape index (κ3) is 3.47. The molecule has 120 valence electrons. The minimum absolute atomic E-state index is 0.0670. The van der Waals surface area contributed by atoms with Crippen molar-refractivity contribution in [1.82, 2.24) is 15.1 Å². The largest absolute Gasteiger partial charge is 0.347 e. The minimum atomic E-state index is -0.648. The molecule has 2 rings (SSSR count). The van der Waals surface area contributed by atoms with Crippen LogP contribution in [-0.4, -0.2) is 60.2 Å². The summed E-state index contributed by atoms with van der Waals surface area (Å²) in [5.74, 6) is -0.532. The average Bonchev–Trinajstić information content (AvgIpc) is 3.16. The van der Waals surface area contributed by atoms with Gasteiger partial charge < -0.3 is 15.1 Å². The van der Waals surface area contributed by atoms with Gasteiger partial charge in [0.1, 0.15) is 12.1 Å². The second-order valence-electron chi connectivity index (χ2n) is 5.59. The van der Waals surface area contributed by atoms with Crippen LogP contribution < -0.4 is 5.32 Å². The number of carbonyl (C=O) groups is 3. The molecule has 0 saturated carbocycles. The van der Waals surface area contributed by atoms with Gasteiger partial charge >= 0.3 is 0 Å². The monoisotopic (exact) mass is 323 g/mol. The fraction of sp³-hybridized carbons (Fsp3) is 0.533. The molecule has 0 radical (unpaired) electrons. The lowest BCUT2D eigenvalue weighted by molar-refractivity contribution is -0.143. The molecule has 1 aromatic rings. The predicted molar refractivity (Wildman–Crippen MR) is 84.7 cm³/mol. The van der Waals surface area contributed by atoms with E-state index < -0.39 is 12.1 Å². The number of nitrogens with one attached hydrogen (secondary N) is 1. The highest BCUT2D eigenvalue weighted by Crippen LogP contribution is 2.20. The van der Waals surface area contributed by atoms with Gasteiger partial charge in [0.05, 0.1) is 4.88 Å². The van der Waals surface area contributed by atoms with Crippen LogP contribution in [0.25, 0.3) is 0 Å². The van der Waals surface area contributed by atoms with Gasteiger partial charge in [-0.05, 0) is 31.2 Å². The summed E-state index contributed by atoms with van der Waals surface area (Å²) in [5, 5.41) is 4.52. The number of rotatable bonds is 4. The van der Waals surface area contributed by atoms with Gasteiger partial charge in [0.15, 0.2) is 0 Å². The number of carbonyl (C=O) groups excluding carboxylic acids is 3. The molecule has 22 heavy (non-hydrogen) atoms. The Morgan fingerprint density at radius 3 is 2.73 bits per heavy atom. The summed E-state index contributed by atoms with van der Waals surface area (Å²) in [6.07, 6.45) is 1.48. The number of likely N-dealkylation sites (N-methyl/N-ethyl adjacent to an activating group) is 1. The highest BCUT2D eigenvalue weighted by atomic mass is 32.1. The lowest BCUT2D eigenvalue weighted by Crippen LogP contribution is -2.52. The lowest BCUT2D eigenvalue weighted by Gasteiger charge is -2.28. The average molecular weight is 323 g/mol. The Balaban J connectivity index is 2.00. The second kappa shape index (κ2) is 6.91. The Labute approximate surface area is 134 Å². The van der Waals surface area contributed by atoms with Gasteiger partial charge in [-0.1, -0.05) is 6.07 Å². The number of thiophene rings is 1. The van der Waals surface area contributed by atoms with Crippen molar-refractivity contribution in [1.29, 1.82) is 0 Å². The molecule has 2 atom stereocenters. The third-order valence-electron chi connectivity index (χ3n) is 3.72. The van der Waals surface area contributed by atoms with Gasteiger partial charge in [0.25, 0.3) is 5.91 Å². The molecule has 0 aliphatic carbocycles. The van der Waals surface area contributed by atoms with Gasteiger partial charge in [0.2, 0.25) is 11.8 Å². The van der Waals surface area contributed by atoms with Crippen LogP contribution in [-0.2, 0) is 9.59 Å². The summed E-state index contributed by atoms with van der Waals surface area (Å²) >= 11 is 1.33. The summed E-state index contributed by atoms with van der Waals surface area (Å²) < 4.78 is 0. The van der Waals surface area contributed by atoms with E-state index in [9.17, 15) is 14.4 Å². The van der Waals surface area contributed by atoms with E-state index in [0.29, 0.717) is 17.8 Å². The van der Waals surface area contributed by atoms with Crippen molar-refractivity contribution in [3.63, 3.8) is 0 Å². The molecule has 1 aliphatic rings. The SMILES string of the molecule is CC(NC(=O)c1cccs1)C(=O)N1CCCC1C(=O)N(C)C. The number of nitrogens with zero attached hydrogens (tertiary/aromatic N) is 2. The molecule has 0 aromatic carbocycles. The van der Waals surface area contributed by atoms with Crippen LogP contribution in [0.2, 0.25) is 0 Å². The predicted octanol–water partition coefficient (Wildman–Crippen LogP) is 0.946. The Morgan fingerprint density at radius 1 is 1.41 bits per heavy atom.